The van der Waals surface area contributed by atoms with Gasteiger partial charge >= 0.3 is 0 Å². The van der Waals surface area contributed by atoms with E-state index < -0.39 is 10.0 Å². The van der Waals surface area contributed by atoms with Crippen molar-refractivity contribution in [2.75, 3.05) is 4.72 Å². The van der Waals surface area contributed by atoms with E-state index in [-0.39, 0.29) is 10.9 Å². The van der Waals surface area contributed by atoms with Gasteiger partial charge in [-0.05, 0) is 32.4 Å². The molecule has 0 amide bonds. The SMILES string of the molecule is Cc1ccc(S(=O)(=O)Nc2nc(C(C)N)cs2)c(C)c1. The number of hydrogen-bond acceptors (Lipinski definition) is 5. The zero-order valence-electron chi connectivity index (χ0n) is 11.5. The molecule has 1 aromatic carbocycles. The van der Waals surface area contributed by atoms with Crippen molar-refractivity contribution in [1.29, 1.82) is 0 Å². The molecule has 0 aliphatic rings. The van der Waals surface area contributed by atoms with E-state index in [1.807, 2.05) is 13.0 Å². The molecule has 0 saturated heterocycles. The molecule has 0 spiro atoms. The first-order valence-electron chi connectivity index (χ1n) is 6.10. The minimum atomic E-state index is -3.62. The number of aryl methyl sites for hydroxylation is 2. The van der Waals surface area contributed by atoms with Crippen LogP contribution < -0.4 is 10.5 Å². The molecular weight excluding hydrogens is 294 g/mol. The Morgan fingerprint density at radius 3 is 2.60 bits per heavy atom. The van der Waals surface area contributed by atoms with Gasteiger partial charge in [-0.25, -0.2) is 13.4 Å². The average Bonchev–Trinajstić information content (AvgIpc) is 2.76. The third kappa shape index (κ3) is 3.17. The van der Waals surface area contributed by atoms with Gasteiger partial charge in [0.2, 0.25) is 0 Å². The molecule has 0 bridgehead atoms. The molecule has 5 nitrogen and oxygen atoms in total. The van der Waals surface area contributed by atoms with Crippen LogP contribution in [-0.2, 0) is 10.0 Å². The summed E-state index contributed by atoms with van der Waals surface area (Å²) in [5.41, 5.74) is 8.12. The van der Waals surface area contributed by atoms with Gasteiger partial charge in [-0.3, -0.25) is 4.72 Å². The van der Waals surface area contributed by atoms with Gasteiger partial charge < -0.3 is 5.73 Å². The topological polar surface area (TPSA) is 85.1 Å². The normalized spacial score (nSPS) is 13.2. The van der Waals surface area contributed by atoms with Crippen molar-refractivity contribution in [3.63, 3.8) is 0 Å². The van der Waals surface area contributed by atoms with E-state index in [9.17, 15) is 8.42 Å². The minimum absolute atomic E-state index is 0.217. The molecule has 0 radical (unpaired) electrons. The van der Waals surface area contributed by atoms with E-state index in [1.54, 1.807) is 31.4 Å². The summed E-state index contributed by atoms with van der Waals surface area (Å²) in [7, 11) is -3.62. The maximum absolute atomic E-state index is 12.3. The summed E-state index contributed by atoms with van der Waals surface area (Å²) < 4.78 is 27.2. The second-order valence-electron chi connectivity index (χ2n) is 4.74. The molecule has 20 heavy (non-hydrogen) atoms. The van der Waals surface area contributed by atoms with E-state index in [1.165, 1.54) is 11.3 Å². The van der Waals surface area contributed by atoms with E-state index in [2.05, 4.69) is 9.71 Å². The van der Waals surface area contributed by atoms with Crippen LogP contribution in [0, 0.1) is 13.8 Å². The zero-order valence-corrected chi connectivity index (χ0v) is 13.2. The average molecular weight is 311 g/mol. The van der Waals surface area contributed by atoms with Gasteiger partial charge in [-0.2, -0.15) is 0 Å². The molecule has 0 fully saturated rings. The molecule has 0 aliphatic heterocycles. The van der Waals surface area contributed by atoms with Crippen LogP contribution in [0.1, 0.15) is 29.8 Å². The van der Waals surface area contributed by atoms with Gasteiger partial charge in [0.1, 0.15) is 0 Å². The second-order valence-corrected chi connectivity index (χ2v) is 7.25. The Labute approximate surface area is 122 Å². The third-order valence-corrected chi connectivity index (χ3v) is 5.23. The van der Waals surface area contributed by atoms with Gasteiger partial charge in [0.25, 0.3) is 10.0 Å². The maximum atomic E-state index is 12.3. The van der Waals surface area contributed by atoms with Crippen molar-refractivity contribution in [3.05, 3.63) is 40.4 Å². The summed E-state index contributed by atoms with van der Waals surface area (Å²) in [5, 5.41) is 2.09. The van der Waals surface area contributed by atoms with Crippen LogP contribution in [0.5, 0.6) is 0 Å². The summed E-state index contributed by atoms with van der Waals surface area (Å²) in [6.07, 6.45) is 0. The molecule has 2 rings (SSSR count). The summed E-state index contributed by atoms with van der Waals surface area (Å²) in [4.78, 5) is 4.44. The highest BCUT2D eigenvalue weighted by atomic mass is 32.2. The van der Waals surface area contributed by atoms with Crippen LogP contribution in [-0.4, -0.2) is 13.4 Å². The highest BCUT2D eigenvalue weighted by Crippen LogP contribution is 2.24. The van der Waals surface area contributed by atoms with E-state index >= 15 is 0 Å². The van der Waals surface area contributed by atoms with Crippen LogP contribution in [0.4, 0.5) is 5.13 Å². The Hall–Kier alpha value is -1.44. The Morgan fingerprint density at radius 2 is 2.05 bits per heavy atom. The molecule has 1 aromatic heterocycles. The molecule has 0 aliphatic carbocycles. The van der Waals surface area contributed by atoms with Gasteiger partial charge in [-0.15, -0.1) is 11.3 Å². The first-order valence-corrected chi connectivity index (χ1v) is 8.47. The first kappa shape index (κ1) is 15.0. The van der Waals surface area contributed by atoms with Gasteiger partial charge in [0.15, 0.2) is 5.13 Å². The quantitative estimate of drug-likeness (QED) is 0.909. The van der Waals surface area contributed by atoms with Gasteiger partial charge in [-0.1, -0.05) is 17.7 Å². The number of hydrogen-bond donors (Lipinski definition) is 2. The monoisotopic (exact) mass is 311 g/mol. The second kappa shape index (κ2) is 5.51. The van der Waals surface area contributed by atoms with Crippen molar-refractivity contribution >= 4 is 26.5 Å². The molecule has 1 unspecified atom stereocenters. The number of anilines is 1. The van der Waals surface area contributed by atoms with E-state index in [4.69, 9.17) is 5.73 Å². The lowest BCUT2D eigenvalue weighted by molar-refractivity contribution is 0.600. The van der Waals surface area contributed by atoms with Crippen LogP contribution in [0.2, 0.25) is 0 Å². The predicted octanol–water partition coefficient (Wildman–Crippen LogP) is 2.58. The maximum Gasteiger partial charge on any atom is 0.263 e. The number of thiazole rings is 1. The smallest absolute Gasteiger partial charge is 0.263 e. The van der Waals surface area contributed by atoms with Crippen LogP contribution in [0.3, 0.4) is 0 Å². The molecule has 1 heterocycles. The highest BCUT2D eigenvalue weighted by molar-refractivity contribution is 7.93. The predicted molar refractivity (Wildman–Crippen MR) is 81.4 cm³/mol. The molecular formula is C13H17N3O2S2. The number of rotatable bonds is 4. The summed E-state index contributed by atoms with van der Waals surface area (Å²) in [6, 6.07) is 5.00. The Bertz CT molecular complexity index is 721. The summed E-state index contributed by atoms with van der Waals surface area (Å²) in [5.74, 6) is 0. The number of sulfonamides is 1. The largest absolute Gasteiger partial charge is 0.323 e. The van der Waals surface area contributed by atoms with Crippen molar-refractivity contribution in [1.82, 2.24) is 4.98 Å². The lowest BCUT2D eigenvalue weighted by Crippen LogP contribution is -2.14. The van der Waals surface area contributed by atoms with Crippen molar-refractivity contribution in [2.45, 2.75) is 31.7 Å². The van der Waals surface area contributed by atoms with Crippen molar-refractivity contribution < 1.29 is 8.42 Å². The van der Waals surface area contributed by atoms with E-state index in [0.717, 1.165) is 5.56 Å². The van der Waals surface area contributed by atoms with Crippen molar-refractivity contribution in [3.8, 4) is 0 Å². The van der Waals surface area contributed by atoms with Crippen molar-refractivity contribution in [2.24, 2.45) is 5.73 Å². The fraction of sp³-hybridized carbons (Fsp3) is 0.308. The number of benzene rings is 1. The summed E-state index contributed by atoms with van der Waals surface area (Å²) >= 11 is 1.23. The van der Waals surface area contributed by atoms with Crippen LogP contribution in [0.25, 0.3) is 0 Å². The number of nitrogens with zero attached hydrogens (tertiary/aromatic N) is 1. The van der Waals surface area contributed by atoms with Gasteiger partial charge in [0, 0.05) is 11.4 Å². The lowest BCUT2D eigenvalue weighted by atomic mass is 10.2. The molecule has 0 saturated carbocycles. The molecule has 1 atom stereocenters. The fourth-order valence-corrected chi connectivity index (χ4v) is 4.11. The number of aromatic nitrogens is 1. The lowest BCUT2D eigenvalue weighted by Gasteiger charge is -2.08. The Morgan fingerprint density at radius 1 is 1.35 bits per heavy atom. The van der Waals surface area contributed by atoms with Crippen LogP contribution >= 0.6 is 11.3 Å². The fourth-order valence-electron chi connectivity index (χ4n) is 1.81. The summed E-state index contributed by atoms with van der Waals surface area (Å²) in [6.45, 7) is 5.50. The molecule has 3 N–H and O–H groups in total. The number of nitrogens with two attached hydrogens (primary N) is 1. The van der Waals surface area contributed by atoms with E-state index in [0.29, 0.717) is 16.4 Å². The molecule has 108 valence electrons. The van der Waals surface area contributed by atoms with Crippen LogP contribution in [0.15, 0.2) is 28.5 Å². The first-order chi connectivity index (χ1) is 9.29. The minimum Gasteiger partial charge on any atom is -0.323 e. The molecule has 7 heteroatoms. The Kier molecular flexibility index (Phi) is 4.12. The standard InChI is InChI=1S/C13H17N3O2S2/c1-8-4-5-12(9(2)6-8)20(17,18)16-13-15-11(7-19-13)10(3)14/h4-7,10H,14H2,1-3H3,(H,15,16). The van der Waals surface area contributed by atoms with Gasteiger partial charge in [0.05, 0.1) is 10.6 Å². The zero-order chi connectivity index (χ0) is 14.9. The Balaban J connectivity index is 2.30. The number of nitrogens with one attached hydrogen (secondary N) is 1. The third-order valence-electron chi connectivity index (χ3n) is 2.83. The molecule has 2 aromatic rings. The highest BCUT2D eigenvalue weighted by Gasteiger charge is 2.18.